The molecule has 36 heavy (non-hydrogen) atoms. The Labute approximate surface area is 213 Å². The van der Waals surface area contributed by atoms with Crippen molar-refractivity contribution in [2.75, 3.05) is 13.2 Å². The van der Waals surface area contributed by atoms with E-state index in [9.17, 15) is 14.0 Å². The predicted octanol–water partition coefficient (Wildman–Crippen LogP) is 5.38. The lowest BCUT2D eigenvalue weighted by Crippen LogP contribution is -2.52. The first kappa shape index (κ1) is 26.9. The average molecular weight is 491 g/mol. The van der Waals surface area contributed by atoms with Crippen molar-refractivity contribution in [2.24, 2.45) is 0 Å². The SMILES string of the molecule is CCCCNC(=O)[C@H](Cc1ccccc1)N(Cc1ccccc1F)C(=O)COc1cc(C)cc(C)c1. The van der Waals surface area contributed by atoms with Crippen molar-refractivity contribution in [3.8, 4) is 5.75 Å². The molecule has 2 amide bonds. The summed E-state index contributed by atoms with van der Waals surface area (Å²) in [4.78, 5) is 28.4. The van der Waals surface area contributed by atoms with Gasteiger partial charge in [-0.2, -0.15) is 0 Å². The van der Waals surface area contributed by atoms with Crippen molar-refractivity contribution >= 4 is 11.8 Å². The Morgan fingerprint density at radius 2 is 1.64 bits per heavy atom. The Morgan fingerprint density at radius 3 is 2.31 bits per heavy atom. The first-order valence-corrected chi connectivity index (χ1v) is 12.4. The number of carbonyl (C=O) groups is 2. The number of amides is 2. The van der Waals surface area contributed by atoms with E-state index in [1.54, 1.807) is 18.2 Å². The molecule has 0 aromatic heterocycles. The zero-order valence-electron chi connectivity index (χ0n) is 21.3. The van der Waals surface area contributed by atoms with Crippen LogP contribution < -0.4 is 10.1 Å². The summed E-state index contributed by atoms with van der Waals surface area (Å²) in [5.41, 5.74) is 3.31. The lowest BCUT2D eigenvalue weighted by atomic mass is 10.0. The van der Waals surface area contributed by atoms with Gasteiger partial charge in [-0.25, -0.2) is 4.39 Å². The van der Waals surface area contributed by atoms with Crippen LogP contribution in [0.1, 0.15) is 42.0 Å². The van der Waals surface area contributed by atoms with Crippen LogP contribution in [0.4, 0.5) is 4.39 Å². The second kappa shape index (κ2) is 13.4. The van der Waals surface area contributed by atoms with Crippen molar-refractivity contribution < 1.29 is 18.7 Å². The van der Waals surface area contributed by atoms with Crippen molar-refractivity contribution in [3.63, 3.8) is 0 Å². The molecule has 3 rings (SSSR count). The van der Waals surface area contributed by atoms with Gasteiger partial charge >= 0.3 is 0 Å². The summed E-state index contributed by atoms with van der Waals surface area (Å²) in [6.45, 7) is 6.18. The van der Waals surface area contributed by atoms with Crippen LogP contribution in [0.2, 0.25) is 0 Å². The molecule has 3 aromatic carbocycles. The van der Waals surface area contributed by atoms with Gasteiger partial charge < -0.3 is 15.0 Å². The van der Waals surface area contributed by atoms with Crippen molar-refractivity contribution in [1.82, 2.24) is 10.2 Å². The van der Waals surface area contributed by atoms with Crippen LogP contribution in [-0.4, -0.2) is 35.9 Å². The molecule has 6 heteroatoms. The van der Waals surface area contributed by atoms with Gasteiger partial charge in [0.05, 0.1) is 0 Å². The topological polar surface area (TPSA) is 58.6 Å². The van der Waals surface area contributed by atoms with Crippen molar-refractivity contribution in [1.29, 1.82) is 0 Å². The Morgan fingerprint density at radius 1 is 0.972 bits per heavy atom. The maximum atomic E-state index is 14.6. The normalized spacial score (nSPS) is 11.6. The zero-order valence-corrected chi connectivity index (χ0v) is 21.3. The highest BCUT2D eigenvalue weighted by Crippen LogP contribution is 2.19. The largest absolute Gasteiger partial charge is 0.484 e. The minimum absolute atomic E-state index is 0.0413. The third-order valence-corrected chi connectivity index (χ3v) is 5.96. The third kappa shape index (κ3) is 7.94. The Bertz CT molecular complexity index is 1130. The van der Waals surface area contributed by atoms with E-state index in [-0.39, 0.29) is 25.0 Å². The molecule has 0 aliphatic rings. The second-order valence-corrected chi connectivity index (χ2v) is 9.08. The molecule has 1 atom stereocenters. The molecular formula is C30H35FN2O3. The van der Waals surface area contributed by atoms with E-state index in [0.29, 0.717) is 24.3 Å². The lowest BCUT2D eigenvalue weighted by Gasteiger charge is -2.31. The first-order chi connectivity index (χ1) is 17.4. The number of unbranched alkanes of at least 4 members (excludes halogenated alkanes) is 1. The van der Waals surface area contributed by atoms with Gasteiger partial charge in [0.25, 0.3) is 5.91 Å². The minimum Gasteiger partial charge on any atom is -0.484 e. The molecule has 0 spiro atoms. The Kier molecular flexibility index (Phi) is 10.0. The van der Waals surface area contributed by atoms with Gasteiger partial charge in [0.1, 0.15) is 17.6 Å². The lowest BCUT2D eigenvalue weighted by molar-refractivity contribution is -0.142. The van der Waals surface area contributed by atoms with Crippen LogP contribution in [-0.2, 0) is 22.6 Å². The van der Waals surface area contributed by atoms with E-state index in [1.807, 2.05) is 69.3 Å². The molecule has 0 unspecified atom stereocenters. The van der Waals surface area contributed by atoms with Crippen LogP contribution >= 0.6 is 0 Å². The molecule has 0 fully saturated rings. The van der Waals surface area contributed by atoms with E-state index < -0.39 is 11.9 Å². The summed E-state index contributed by atoms with van der Waals surface area (Å²) in [5.74, 6) is -0.485. The summed E-state index contributed by atoms with van der Waals surface area (Å²) in [7, 11) is 0. The number of nitrogens with zero attached hydrogens (tertiary/aromatic N) is 1. The van der Waals surface area contributed by atoms with Gasteiger partial charge in [0.15, 0.2) is 6.61 Å². The number of aryl methyl sites for hydroxylation is 2. The van der Waals surface area contributed by atoms with E-state index in [0.717, 1.165) is 29.5 Å². The highest BCUT2D eigenvalue weighted by molar-refractivity contribution is 5.88. The molecule has 3 aromatic rings. The molecule has 0 heterocycles. The molecule has 1 N–H and O–H groups in total. The molecule has 0 aliphatic carbocycles. The van der Waals surface area contributed by atoms with Crippen LogP contribution in [0.25, 0.3) is 0 Å². The van der Waals surface area contributed by atoms with Gasteiger partial charge in [-0.15, -0.1) is 0 Å². The average Bonchev–Trinajstić information content (AvgIpc) is 2.86. The molecule has 0 bridgehead atoms. The van der Waals surface area contributed by atoms with Crippen LogP contribution in [0.15, 0.2) is 72.8 Å². The maximum absolute atomic E-state index is 14.6. The number of ether oxygens (including phenoxy) is 1. The molecule has 190 valence electrons. The van der Waals surface area contributed by atoms with Crippen LogP contribution in [0.5, 0.6) is 5.75 Å². The predicted molar refractivity (Wildman–Crippen MR) is 140 cm³/mol. The summed E-state index contributed by atoms with van der Waals surface area (Å²) >= 11 is 0. The minimum atomic E-state index is -0.820. The molecular weight excluding hydrogens is 455 g/mol. The quantitative estimate of drug-likeness (QED) is 0.347. The monoisotopic (exact) mass is 490 g/mol. The fraction of sp³-hybridized carbons (Fsp3) is 0.333. The number of nitrogens with one attached hydrogen (secondary N) is 1. The summed E-state index contributed by atoms with van der Waals surface area (Å²) in [5, 5.41) is 2.96. The standard InChI is InChI=1S/C30H35FN2O3/c1-4-5-15-32-30(35)28(19-24-11-7-6-8-12-24)33(20-25-13-9-10-14-27(25)31)29(34)21-36-26-17-22(2)16-23(3)18-26/h6-14,16-18,28H,4-5,15,19-21H2,1-3H3,(H,32,35)/t28-/m0/s1. The van der Waals surface area contributed by atoms with E-state index in [4.69, 9.17) is 4.74 Å². The molecule has 0 saturated heterocycles. The number of hydrogen-bond acceptors (Lipinski definition) is 3. The fourth-order valence-electron chi connectivity index (χ4n) is 4.11. The third-order valence-electron chi connectivity index (χ3n) is 5.96. The van der Waals surface area contributed by atoms with Gasteiger partial charge in [0.2, 0.25) is 5.91 Å². The van der Waals surface area contributed by atoms with E-state index in [1.165, 1.54) is 11.0 Å². The van der Waals surface area contributed by atoms with Gasteiger partial charge in [-0.05, 0) is 55.2 Å². The van der Waals surface area contributed by atoms with E-state index >= 15 is 0 Å². The number of carbonyl (C=O) groups excluding carboxylic acids is 2. The van der Waals surface area contributed by atoms with Crippen LogP contribution in [0, 0.1) is 19.7 Å². The number of rotatable bonds is 12. The number of benzene rings is 3. The fourth-order valence-corrected chi connectivity index (χ4v) is 4.11. The summed E-state index contributed by atoms with van der Waals surface area (Å²) in [6.07, 6.45) is 2.08. The number of halogens is 1. The maximum Gasteiger partial charge on any atom is 0.261 e. The highest BCUT2D eigenvalue weighted by atomic mass is 19.1. The summed E-state index contributed by atoms with van der Waals surface area (Å²) in [6, 6.07) is 20.8. The summed E-state index contributed by atoms with van der Waals surface area (Å²) < 4.78 is 20.5. The Hall–Kier alpha value is -3.67. The van der Waals surface area contributed by atoms with Crippen LogP contribution in [0.3, 0.4) is 0 Å². The number of hydrogen-bond donors (Lipinski definition) is 1. The van der Waals surface area contributed by atoms with E-state index in [2.05, 4.69) is 5.32 Å². The second-order valence-electron chi connectivity index (χ2n) is 9.08. The smallest absolute Gasteiger partial charge is 0.261 e. The molecule has 0 saturated carbocycles. The van der Waals surface area contributed by atoms with Gasteiger partial charge in [0, 0.05) is 25.1 Å². The molecule has 5 nitrogen and oxygen atoms in total. The highest BCUT2D eigenvalue weighted by Gasteiger charge is 2.31. The zero-order chi connectivity index (χ0) is 25.9. The van der Waals surface area contributed by atoms with Gasteiger partial charge in [-0.1, -0.05) is 67.9 Å². The first-order valence-electron chi connectivity index (χ1n) is 12.4. The Balaban J connectivity index is 1.90. The van der Waals surface area contributed by atoms with Crippen molar-refractivity contribution in [3.05, 3.63) is 101 Å². The van der Waals surface area contributed by atoms with Crippen molar-refractivity contribution in [2.45, 2.75) is 52.6 Å². The molecule has 0 aliphatic heterocycles. The van der Waals surface area contributed by atoms with Gasteiger partial charge in [-0.3, -0.25) is 9.59 Å². The molecule has 0 radical (unpaired) electrons.